The van der Waals surface area contributed by atoms with Crippen LogP contribution in [-0.2, 0) is 0 Å². The molecule has 0 aliphatic heterocycles. The number of nitrogens with one attached hydrogen (secondary N) is 1. The second-order valence-electron chi connectivity index (χ2n) is 4.22. The predicted octanol–water partition coefficient (Wildman–Crippen LogP) is 4.64. The summed E-state index contributed by atoms with van der Waals surface area (Å²) < 4.78 is 1.54. The summed E-state index contributed by atoms with van der Waals surface area (Å²) in [5, 5.41) is 11.7. The highest BCUT2D eigenvalue weighted by atomic mass is 79.9. The Bertz CT molecular complexity index is 720. The third kappa shape index (κ3) is 3.27. The zero-order valence-electron chi connectivity index (χ0n) is 10.6. The second-order valence-corrected chi connectivity index (χ2v) is 5.99. The van der Waals surface area contributed by atoms with Crippen LogP contribution in [0.1, 0.15) is 21.5 Å². The molecule has 0 saturated carbocycles. The van der Waals surface area contributed by atoms with Gasteiger partial charge in [-0.1, -0.05) is 22.0 Å². The summed E-state index contributed by atoms with van der Waals surface area (Å²) in [5.41, 5.74) is 2.59. The number of rotatable bonds is 2. The van der Waals surface area contributed by atoms with Crippen molar-refractivity contribution >= 4 is 43.5 Å². The molecule has 2 aromatic carbocycles. The molecule has 0 spiro atoms. The van der Waals surface area contributed by atoms with Gasteiger partial charge in [0.2, 0.25) is 0 Å². The van der Waals surface area contributed by atoms with Gasteiger partial charge in [0, 0.05) is 14.6 Å². The SMILES string of the molecule is Cc1ccc(C#N)cc1NC(=O)c1cc(Br)ccc1Br. The van der Waals surface area contributed by atoms with Crippen LogP contribution in [0.25, 0.3) is 0 Å². The molecular formula is C15H10Br2N2O. The lowest BCUT2D eigenvalue weighted by atomic mass is 10.1. The molecule has 0 heterocycles. The van der Waals surface area contributed by atoms with Crippen molar-refractivity contribution in [3.8, 4) is 6.07 Å². The van der Waals surface area contributed by atoms with Gasteiger partial charge in [-0.3, -0.25) is 4.79 Å². The van der Waals surface area contributed by atoms with Gasteiger partial charge < -0.3 is 5.32 Å². The van der Waals surface area contributed by atoms with E-state index < -0.39 is 0 Å². The number of nitriles is 1. The van der Waals surface area contributed by atoms with Crippen LogP contribution in [-0.4, -0.2) is 5.91 Å². The van der Waals surface area contributed by atoms with Crippen LogP contribution in [0.5, 0.6) is 0 Å². The van der Waals surface area contributed by atoms with Crippen molar-refractivity contribution in [1.82, 2.24) is 0 Å². The monoisotopic (exact) mass is 392 g/mol. The Labute approximate surface area is 133 Å². The quantitative estimate of drug-likeness (QED) is 0.807. The van der Waals surface area contributed by atoms with E-state index in [4.69, 9.17) is 5.26 Å². The lowest BCUT2D eigenvalue weighted by Crippen LogP contribution is -2.13. The van der Waals surface area contributed by atoms with Gasteiger partial charge in [-0.05, 0) is 58.7 Å². The number of halogens is 2. The summed E-state index contributed by atoms with van der Waals surface area (Å²) in [6, 6.07) is 12.6. The van der Waals surface area contributed by atoms with Gasteiger partial charge in [-0.2, -0.15) is 5.26 Å². The molecule has 2 rings (SSSR count). The Hall–Kier alpha value is -1.64. The van der Waals surface area contributed by atoms with E-state index in [1.54, 1.807) is 24.3 Å². The normalized spacial score (nSPS) is 9.90. The van der Waals surface area contributed by atoms with Crippen molar-refractivity contribution in [2.24, 2.45) is 0 Å². The van der Waals surface area contributed by atoms with E-state index in [0.29, 0.717) is 21.3 Å². The first kappa shape index (κ1) is 14.8. The average Bonchev–Trinajstić information content (AvgIpc) is 2.43. The first-order valence-corrected chi connectivity index (χ1v) is 7.37. The van der Waals surface area contributed by atoms with Crippen molar-refractivity contribution in [3.05, 3.63) is 62.0 Å². The van der Waals surface area contributed by atoms with E-state index >= 15 is 0 Å². The minimum atomic E-state index is -0.226. The maximum atomic E-state index is 12.3. The molecule has 0 saturated heterocycles. The minimum Gasteiger partial charge on any atom is -0.322 e. The Morgan fingerprint density at radius 2 is 1.95 bits per heavy atom. The molecule has 2 aromatic rings. The molecule has 3 nitrogen and oxygen atoms in total. The Kier molecular flexibility index (Phi) is 4.58. The number of hydrogen-bond donors (Lipinski definition) is 1. The summed E-state index contributed by atoms with van der Waals surface area (Å²) in [7, 11) is 0. The fourth-order valence-corrected chi connectivity index (χ4v) is 2.48. The van der Waals surface area contributed by atoms with Crippen molar-refractivity contribution < 1.29 is 4.79 Å². The van der Waals surface area contributed by atoms with E-state index in [0.717, 1.165) is 10.0 Å². The standard InChI is InChI=1S/C15H10Br2N2O/c1-9-2-3-10(8-18)6-14(9)19-15(20)12-7-11(16)4-5-13(12)17/h2-7H,1H3,(H,19,20). The number of carbonyl (C=O) groups excluding carboxylic acids is 1. The topological polar surface area (TPSA) is 52.9 Å². The molecule has 0 atom stereocenters. The van der Waals surface area contributed by atoms with E-state index in [1.165, 1.54) is 0 Å². The van der Waals surface area contributed by atoms with Gasteiger partial charge in [0.05, 0.1) is 17.2 Å². The van der Waals surface area contributed by atoms with Crippen LogP contribution in [0.15, 0.2) is 45.3 Å². The fourth-order valence-electron chi connectivity index (χ4n) is 1.69. The number of anilines is 1. The van der Waals surface area contributed by atoms with Gasteiger partial charge in [0.15, 0.2) is 0 Å². The highest BCUT2D eigenvalue weighted by Gasteiger charge is 2.12. The van der Waals surface area contributed by atoms with Gasteiger partial charge >= 0.3 is 0 Å². The summed E-state index contributed by atoms with van der Waals surface area (Å²) in [5.74, 6) is -0.226. The number of hydrogen-bond acceptors (Lipinski definition) is 2. The maximum Gasteiger partial charge on any atom is 0.256 e. The third-order valence-corrected chi connectivity index (χ3v) is 3.97. The van der Waals surface area contributed by atoms with Crippen molar-refractivity contribution in [2.45, 2.75) is 6.92 Å². The molecule has 0 bridgehead atoms. The predicted molar refractivity (Wildman–Crippen MR) is 85.7 cm³/mol. The largest absolute Gasteiger partial charge is 0.322 e. The van der Waals surface area contributed by atoms with Crippen LogP contribution in [0.3, 0.4) is 0 Å². The Morgan fingerprint density at radius 3 is 2.65 bits per heavy atom. The van der Waals surface area contributed by atoms with Crippen LogP contribution >= 0.6 is 31.9 Å². The lowest BCUT2D eigenvalue weighted by Gasteiger charge is -2.10. The zero-order chi connectivity index (χ0) is 14.7. The first-order valence-electron chi connectivity index (χ1n) is 5.78. The van der Waals surface area contributed by atoms with Crippen LogP contribution in [0.4, 0.5) is 5.69 Å². The Balaban J connectivity index is 2.33. The number of benzene rings is 2. The molecule has 0 unspecified atom stereocenters. The second kappa shape index (κ2) is 6.21. The van der Waals surface area contributed by atoms with Gasteiger partial charge in [-0.15, -0.1) is 0 Å². The molecule has 0 radical (unpaired) electrons. The van der Waals surface area contributed by atoms with Gasteiger partial charge in [0.1, 0.15) is 0 Å². The summed E-state index contributed by atoms with van der Waals surface area (Å²) >= 11 is 6.70. The number of carbonyl (C=O) groups is 1. The van der Waals surface area contributed by atoms with E-state index in [-0.39, 0.29) is 5.91 Å². The molecule has 100 valence electrons. The number of amides is 1. The Morgan fingerprint density at radius 1 is 1.20 bits per heavy atom. The molecule has 1 amide bonds. The van der Waals surface area contributed by atoms with Crippen molar-refractivity contribution in [2.75, 3.05) is 5.32 Å². The summed E-state index contributed by atoms with van der Waals surface area (Å²) in [6.45, 7) is 1.88. The molecule has 1 N–H and O–H groups in total. The van der Waals surface area contributed by atoms with E-state index in [9.17, 15) is 4.79 Å². The minimum absolute atomic E-state index is 0.226. The highest BCUT2D eigenvalue weighted by molar-refractivity contribution is 9.11. The molecule has 0 aromatic heterocycles. The van der Waals surface area contributed by atoms with Gasteiger partial charge in [0.25, 0.3) is 5.91 Å². The molecule has 20 heavy (non-hydrogen) atoms. The molecule has 0 fully saturated rings. The first-order chi connectivity index (χ1) is 9.51. The summed E-state index contributed by atoms with van der Waals surface area (Å²) in [6.07, 6.45) is 0. The zero-order valence-corrected chi connectivity index (χ0v) is 13.7. The van der Waals surface area contributed by atoms with Crippen molar-refractivity contribution in [1.29, 1.82) is 5.26 Å². The highest BCUT2D eigenvalue weighted by Crippen LogP contribution is 2.24. The lowest BCUT2D eigenvalue weighted by molar-refractivity contribution is 0.102. The number of aryl methyl sites for hydroxylation is 1. The van der Waals surface area contributed by atoms with E-state index in [2.05, 4.69) is 43.2 Å². The number of nitrogens with zero attached hydrogens (tertiary/aromatic N) is 1. The molecule has 0 aliphatic carbocycles. The molecular weight excluding hydrogens is 384 g/mol. The van der Waals surface area contributed by atoms with Crippen LogP contribution in [0, 0.1) is 18.3 Å². The summed E-state index contributed by atoms with van der Waals surface area (Å²) in [4.78, 5) is 12.3. The van der Waals surface area contributed by atoms with Crippen LogP contribution in [0.2, 0.25) is 0 Å². The van der Waals surface area contributed by atoms with Crippen LogP contribution < -0.4 is 5.32 Å². The van der Waals surface area contributed by atoms with E-state index in [1.807, 2.05) is 19.1 Å². The molecule has 5 heteroatoms. The fraction of sp³-hybridized carbons (Fsp3) is 0.0667. The molecule has 0 aliphatic rings. The smallest absolute Gasteiger partial charge is 0.256 e. The average molecular weight is 394 g/mol. The van der Waals surface area contributed by atoms with Gasteiger partial charge in [-0.25, -0.2) is 0 Å². The maximum absolute atomic E-state index is 12.3. The van der Waals surface area contributed by atoms with Crippen molar-refractivity contribution in [3.63, 3.8) is 0 Å². The third-order valence-electron chi connectivity index (χ3n) is 2.79.